The number of hydrogen-bond acceptors (Lipinski definition) is 3. The highest BCUT2D eigenvalue weighted by Gasteiger charge is 2.24. The first-order chi connectivity index (χ1) is 7.40. The van der Waals surface area contributed by atoms with Crippen LogP contribution in [0.1, 0.15) is 18.5 Å². The molecule has 0 aliphatic carbocycles. The summed E-state index contributed by atoms with van der Waals surface area (Å²) >= 11 is 5.37. The second-order valence-electron chi connectivity index (χ2n) is 3.47. The summed E-state index contributed by atoms with van der Waals surface area (Å²) in [7, 11) is -2.04. The van der Waals surface area contributed by atoms with E-state index >= 15 is 0 Å². The van der Waals surface area contributed by atoms with Crippen molar-refractivity contribution < 1.29 is 13.5 Å². The van der Waals surface area contributed by atoms with Crippen molar-refractivity contribution in [2.24, 2.45) is 0 Å². The van der Waals surface area contributed by atoms with Crippen LogP contribution < -0.4 is 0 Å². The molecule has 0 saturated carbocycles. The van der Waals surface area contributed by atoms with Gasteiger partial charge in [0.05, 0.1) is 6.04 Å². The van der Waals surface area contributed by atoms with Crippen molar-refractivity contribution in [2.75, 3.05) is 12.3 Å². The largest absolute Gasteiger partial charge is 0.508 e. The van der Waals surface area contributed by atoms with Crippen LogP contribution in [0.2, 0.25) is 0 Å². The molecule has 0 aliphatic rings. The lowest BCUT2D eigenvalue weighted by Crippen LogP contribution is -2.30. The van der Waals surface area contributed by atoms with E-state index in [1.54, 1.807) is 25.1 Å². The Labute approximate surface area is 101 Å². The van der Waals surface area contributed by atoms with E-state index in [1.165, 1.54) is 13.1 Å². The van der Waals surface area contributed by atoms with Gasteiger partial charge in [0.25, 0.3) is 0 Å². The van der Waals surface area contributed by atoms with E-state index in [0.29, 0.717) is 5.56 Å². The van der Waals surface area contributed by atoms with Gasteiger partial charge in [-0.25, -0.2) is 8.42 Å². The topological polar surface area (TPSA) is 57.6 Å². The van der Waals surface area contributed by atoms with Crippen LogP contribution in [-0.4, -0.2) is 30.1 Å². The number of nitrogens with zero attached hydrogens (tertiary/aromatic N) is 1. The molecule has 4 nitrogen and oxygen atoms in total. The number of para-hydroxylation sites is 1. The maximum atomic E-state index is 11.5. The molecular formula is C10H14ClNO3S. The van der Waals surface area contributed by atoms with Crippen molar-refractivity contribution in [3.8, 4) is 5.75 Å². The lowest BCUT2D eigenvalue weighted by molar-refractivity contribution is 0.383. The molecule has 1 N–H and O–H groups in total. The van der Waals surface area contributed by atoms with Gasteiger partial charge in [-0.1, -0.05) is 18.2 Å². The zero-order chi connectivity index (χ0) is 12.3. The Bertz CT molecular complexity index is 461. The first-order valence-corrected chi connectivity index (χ1v) is 6.84. The number of benzene rings is 1. The molecule has 1 unspecified atom stereocenters. The fourth-order valence-corrected chi connectivity index (χ4v) is 2.57. The highest BCUT2D eigenvalue weighted by Crippen LogP contribution is 2.28. The van der Waals surface area contributed by atoms with E-state index in [4.69, 9.17) is 11.6 Å². The van der Waals surface area contributed by atoms with Crippen LogP contribution in [0.5, 0.6) is 5.75 Å². The predicted octanol–water partition coefficient (Wildman–Crippen LogP) is 1.91. The summed E-state index contributed by atoms with van der Waals surface area (Å²) in [6.45, 7) is 1.69. The van der Waals surface area contributed by atoms with Crippen molar-refractivity contribution in [3.05, 3.63) is 29.8 Å². The van der Waals surface area contributed by atoms with Gasteiger partial charge < -0.3 is 5.11 Å². The minimum absolute atomic E-state index is 0.0756. The molecule has 1 rings (SSSR count). The minimum atomic E-state index is -3.47. The number of aromatic hydroxyl groups is 1. The molecule has 6 heteroatoms. The molecule has 16 heavy (non-hydrogen) atoms. The number of alkyl halides is 1. The first-order valence-electron chi connectivity index (χ1n) is 4.69. The molecule has 0 spiro atoms. The lowest BCUT2D eigenvalue weighted by atomic mass is 10.1. The second-order valence-corrected chi connectivity index (χ2v) is 6.08. The summed E-state index contributed by atoms with van der Waals surface area (Å²) in [5, 5.41) is 9.14. The summed E-state index contributed by atoms with van der Waals surface area (Å²) in [6, 6.07) is 6.17. The molecule has 1 atom stereocenters. The van der Waals surface area contributed by atoms with Crippen LogP contribution in [0.3, 0.4) is 0 Å². The summed E-state index contributed by atoms with van der Waals surface area (Å²) < 4.78 is 24.2. The zero-order valence-corrected chi connectivity index (χ0v) is 10.7. The fourth-order valence-electron chi connectivity index (χ4n) is 1.35. The predicted molar refractivity (Wildman–Crippen MR) is 63.9 cm³/mol. The van der Waals surface area contributed by atoms with Gasteiger partial charge in [0.15, 0.2) is 0 Å². The summed E-state index contributed by atoms with van der Waals surface area (Å²) in [6.07, 6.45) is 0. The van der Waals surface area contributed by atoms with Gasteiger partial charge in [0.1, 0.15) is 11.0 Å². The smallest absolute Gasteiger partial charge is 0.228 e. The SMILES string of the molecule is CC(c1ccccc1O)N(C)S(=O)(=O)CCl. The number of sulfonamides is 1. The molecule has 0 heterocycles. The van der Waals surface area contributed by atoms with Crippen molar-refractivity contribution in [1.82, 2.24) is 4.31 Å². The average molecular weight is 264 g/mol. The Balaban J connectivity index is 3.04. The number of rotatable bonds is 4. The van der Waals surface area contributed by atoms with Crippen LogP contribution in [0.4, 0.5) is 0 Å². The standard InChI is InChI=1S/C10H14ClNO3S/c1-8(12(2)16(14,15)7-11)9-5-3-4-6-10(9)13/h3-6,8,13H,7H2,1-2H3. The van der Waals surface area contributed by atoms with E-state index in [0.717, 1.165) is 4.31 Å². The van der Waals surface area contributed by atoms with Crippen LogP contribution in [-0.2, 0) is 10.0 Å². The van der Waals surface area contributed by atoms with Gasteiger partial charge >= 0.3 is 0 Å². The van der Waals surface area contributed by atoms with Crippen LogP contribution in [0.15, 0.2) is 24.3 Å². The van der Waals surface area contributed by atoms with Gasteiger partial charge in [-0.3, -0.25) is 0 Å². The molecule has 1 aromatic carbocycles. The Kier molecular flexibility index (Phi) is 4.18. The van der Waals surface area contributed by atoms with Crippen molar-refractivity contribution in [3.63, 3.8) is 0 Å². The summed E-state index contributed by atoms with van der Waals surface area (Å²) in [5.41, 5.74) is 0.554. The van der Waals surface area contributed by atoms with Crippen molar-refractivity contribution in [1.29, 1.82) is 0 Å². The third-order valence-corrected chi connectivity index (χ3v) is 4.81. The van der Waals surface area contributed by atoms with Gasteiger partial charge in [0.2, 0.25) is 10.0 Å². The molecule has 1 aromatic rings. The highest BCUT2D eigenvalue weighted by atomic mass is 35.5. The average Bonchev–Trinajstić information content (AvgIpc) is 2.27. The maximum Gasteiger partial charge on any atom is 0.228 e. The maximum absolute atomic E-state index is 11.5. The minimum Gasteiger partial charge on any atom is -0.508 e. The van der Waals surface area contributed by atoms with Crippen molar-refractivity contribution >= 4 is 21.6 Å². The Morgan fingerprint density at radius 1 is 1.44 bits per heavy atom. The number of phenols is 1. The van der Waals surface area contributed by atoms with Gasteiger partial charge in [0, 0.05) is 12.6 Å². The lowest BCUT2D eigenvalue weighted by Gasteiger charge is -2.24. The zero-order valence-electron chi connectivity index (χ0n) is 9.09. The monoisotopic (exact) mass is 263 g/mol. The Morgan fingerprint density at radius 3 is 2.50 bits per heavy atom. The van der Waals surface area contributed by atoms with Crippen molar-refractivity contribution in [2.45, 2.75) is 13.0 Å². The second kappa shape index (κ2) is 5.03. The summed E-state index contributed by atoms with van der Waals surface area (Å²) in [5.74, 6) is 0.0756. The third kappa shape index (κ3) is 2.66. The highest BCUT2D eigenvalue weighted by molar-refractivity contribution is 7.90. The van der Waals surface area contributed by atoms with Gasteiger partial charge in [-0.05, 0) is 13.0 Å². The normalized spacial score (nSPS) is 14.0. The molecule has 0 fully saturated rings. The third-order valence-electron chi connectivity index (χ3n) is 2.51. The van der Waals surface area contributed by atoms with Crippen LogP contribution >= 0.6 is 11.6 Å². The summed E-state index contributed by atoms with van der Waals surface area (Å²) in [4.78, 5) is 0. The molecule has 0 bridgehead atoms. The molecule has 0 aliphatic heterocycles. The van der Waals surface area contributed by atoms with E-state index in [9.17, 15) is 13.5 Å². The first kappa shape index (κ1) is 13.3. The Hall–Kier alpha value is -0.780. The molecule has 0 saturated heterocycles. The number of phenolic OH excluding ortho intramolecular Hbond substituents is 1. The molecule has 0 amide bonds. The van der Waals surface area contributed by atoms with E-state index < -0.39 is 21.3 Å². The quantitative estimate of drug-likeness (QED) is 0.845. The number of hydrogen-bond donors (Lipinski definition) is 1. The molecular weight excluding hydrogens is 250 g/mol. The molecule has 90 valence electrons. The van der Waals surface area contributed by atoms with Gasteiger partial charge in [-0.2, -0.15) is 4.31 Å². The van der Waals surface area contributed by atoms with E-state index in [-0.39, 0.29) is 5.75 Å². The fraction of sp³-hybridized carbons (Fsp3) is 0.400. The van der Waals surface area contributed by atoms with Gasteiger partial charge in [-0.15, -0.1) is 11.6 Å². The van der Waals surface area contributed by atoms with Crippen LogP contribution in [0, 0.1) is 0 Å². The van der Waals surface area contributed by atoms with E-state index in [1.807, 2.05) is 0 Å². The molecule has 0 aromatic heterocycles. The Morgan fingerprint density at radius 2 is 2.00 bits per heavy atom. The van der Waals surface area contributed by atoms with E-state index in [2.05, 4.69) is 0 Å². The van der Waals surface area contributed by atoms with Crippen LogP contribution in [0.25, 0.3) is 0 Å². The number of halogens is 1. The molecule has 0 radical (unpaired) electrons.